The summed E-state index contributed by atoms with van der Waals surface area (Å²) in [4.78, 5) is 28.5. The first-order chi connectivity index (χ1) is 16.8. The molecule has 0 unspecified atom stereocenters. The molecule has 2 amide bonds. The molecule has 3 aromatic carbocycles. The van der Waals surface area contributed by atoms with Crippen molar-refractivity contribution in [1.82, 2.24) is 0 Å². The molecule has 0 saturated heterocycles. The van der Waals surface area contributed by atoms with Crippen LogP contribution in [0.2, 0.25) is 0 Å². The summed E-state index contributed by atoms with van der Waals surface area (Å²) in [6.07, 6.45) is -0.706. The molecule has 1 aliphatic heterocycles. The lowest BCUT2D eigenvalue weighted by Crippen LogP contribution is -2.47. The first-order valence-corrected chi connectivity index (χ1v) is 11.4. The van der Waals surface area contributed by atoms with Gasteiger partial charge in [-0.15, -0.1) is 0 Å². The zero-order chi connectivity index (χ0) is 25.1. The smallest absolute Gasteiger partial charge is 0.421 e. The van der Waals surface area contributed by atoms with Gasteiger partial charge in [-0.05, 0) is 50.1 Å². The first-order valence-electron chi connectivity index (χ1n) is 11.4. The number of imide groups is 1. The number of benzene rings is 3. The summed E-state index contributed by atoms with van der Waals surface area (Å²) in [5.74, 6) is 4.89. The lowest BCUT2D eigenvalue weighted by molar-refractivity contribution is -0.123. The third-order valence-corrected chi connectivity index (χ3v) is 5.91. The van der Waals surface area contributed by atoms with Crippen molar-refractivity contribution in [3.63, 3.8) is 0 Å². The van der Waals surface area contributed by atoms with Crippen molar-refractivity contribution in [3.05, 3.63) is 102 Å². The van der Waals surface area contributed by atoms with Crippen LogP contribution in [0, 0.1) is 23.2 Å². The highest BCUT2D eigenvalue weighted by Crippen LogP contribution is 2.52. The maximum absolute atomic E-state index is 14.2. The van der Waals surface area contributed by atoms with Gasteiger partial charge in [0.05, 0.1) is 17.7 Å². The van der Waals surface area contributed by atoms with Crippen molar-refractivity contribution in [2.75, 3.05) is 4.90 Å². The van der Waals surface area contributed by atoms with Crippen molar-refractivity contribution in [2.45, 2.75) is 44.1 Å². The van der Waals surface area contributed by atoms with Crippen LogP contribution in [0.5, 0.6) is 0 Å². The fourth-order valence-electron chi connectivity index (χ4n) is 4.43. The second-order valence-electron chi connectivity index (χ2n) is 9.43. The zero-order valence-corrected chi connectivity index (χ0v) is 20.0. The third kappa shape index (κ3) is 4.54. The van der Waals surface area contributed by atoms with E-state index in [1.165, 1.54) is 0 Å². The number of nitriles is 1. The average Bonchev–Trinajstić information content (AvgIpc) is 3.08. The zero-order valence-electron chi connectivity index (χ0n) is 20.0. The van der Waals surface area contributed by atoms with Crippen molar-refractivity contribution >= 4 is 17.7 Å². The van der Waals surface area contributed by atoms with E-state index in [1.807, 2.05) is 66.7 Å². The highest BCUT2D eigenvalue weighted by molar-refractivity contribution is 6.21. The summed E-state index contributed by atoms with van der Waals surface area (Å²) in [6.45, 7) is 5.24. The number of carbonyl (C=O) groups excluding carboxylic acids is 2. The molecule has 0 fully saturated rings. The molecule has 0 radical (unpaired) electrons. The number of rotatable bonds is 3. The van der Waals surface area contributed by atoms with E-state index in [0.29, 0.717) is 16.8 Å². The molecular weight excluding hydrogens is 436 g/mol. The summed E-state index contributed by atoms with van der Waals surface area (Å²) in [7, 11) is 0. The van der Waals surface area contributed by atoms with E-state index in [0.717, 1.165) is 10.5 Å². The van der Waals surface area contributed by atoms with Crippen LogP contribution in [0.25, 0.3) is 0 Å². The van der Waals surface area contributed by atoms with Crippen molar-refractivity contribution in [1.29, 1.82) is 5.26 Å². The van der Waals surface area contributed by atoms with Crippen LogP contribution in [-0.4, -0.2) is 17.6 Å². The van der Waals surface area contributed by atoms with E-state index in [1.54, 1.807) is 39.0 Å². The van der Waals surface area contributed by atoms with Gasteiger partial charge in [-0.3, -0.25) is 4.79 Å². The van der Waals surface area contributed by atoms with Gasteiger partial charge in [0, 0.05) is 12.0 Å². The molecule has 1 heterocycles. The summed E-state index contributed by atoms with van der Waals surface area (Å²) < 4.78 is 5.58. The van der Waals surface area contributed by atoms with Crippen LogP contribution in [0.1, 0.15) is 49.8 Å². The van der Waals surface area contributed by atoms with Crippen LogP contribution in [-0.2, 0) is 14.9 Å². The van der Waals surface area contributed by atoms with Gasteiger partial charge in [-0.2, -0.15) is 5.26 Å². The van der Waals surface area contributed by atoms with E-state index < -0.39 is 28.9 Å². The number of ether oxygens (including phenoxy) is 1. The number of fused-ring (bicyclic) bond motifs is 1. The van der Waals surface area contributed by atoms with Crippen molar-refractivity contribution in [3.8, 4) is 17.9 Å². The van der Waals surface area contributed by atoms with Crippen LogP contribution in [0.4, 0.5) is 10.5 Å². The van der Waals surface area contributed by atoms with Crippen LogP contribution < -0.4 is 4.90 Å². The summed E-state index contributed by atoms with van der Waals surface area (Å²) in [6, 6.07) is 28.1. The van der Waals surface area contributed by atoms with Gasteiger partial charge in [-0.1, -0.05) is 78.6 Å². The predicted molar refractivity (Wildman–Crippen MR) is 135 cm³/mol. The normalized spacial score (nSPS) is 17.5. The highest BCUT2D eigenvalue weighted by atomic mass is 16.6. The number of amides is 2. The van der Waals surface area contributed by atoms with E-state index in [2.05, 4.69) is 17.9 Å². The second kappa shape index (κ2) is 9.49. The number of hydrogen-bond acceptors (Lipinski definition) is 4. The Hall–Kier alpha value is -4.35. The van der Waals surface area contributed by atoms with Crippen molar-refractivity contribution < 1.29 is 14.3 Å². The highest BCUT2D eigenvalue weighted by Gasteiger charge is 2.58. The monoisotopic (exact) mass is 462 g/mol. The summed E-state index contributed by atoms with van der Waals surface area (Å²) in [5, 5.41) is 10.4. The Morgan fingerprint density at radius 1 is 0.971 bits per heavy atom. The van der Waals surface area contributed by atoms with E-state index >= 15 is 0 Å². The molecule has 174 valence electrons. The Morgan fingerprint density at radius 2 is 1.57 bits per heavy atom. The lowest BCUT2D eigenvalue weighted by atomic mass is 9.67. The van der Waals surface area contributed by atoms with Crippen LogP contribution >= 0.6 is 0 Å². The Morgan fingerprint density at radius 3 is 2.20 bits per heavy atom. The van der Waals surface area contributed by atoms with Gasteiger partial charge in [0.1, 0.15) is 11.0 Å². The second-order valence-corrected chi connectivity index (χ2v) is 9.43. The van der Waals surface area contributed by atoms with E-state index in [-0.39, 0.29) is 6.42 Å². The average molecular weight is 463 g/mol. The number of hydrogen-bond donors (Lipinski definition) is 0. The molecule has 0 aromatic heterocycles. The molecule has 4 rings (SSSR count). The number of para-hydroxylation sites is 1. The Balaban J connectivity index is 1.90. The van der Waals surface area contributed by atoms with Gasteiger partial charge in [0.2, 0.25) is 5.91 Å². The molecule has 35 heavy (non-hydrogen) atoms. The summed E-state index contributed by atoms with van der Waals surface area (Å²) >= 11 is 0. The van der Waals surface area contributed by atoms with Crippen LogP contribution in [0.15, 0.2) is 84.9 Å². The fraction of sp³-hybridized carbons (Fsp3) is 0.233. The van der Waals surface area contributed by atoms with E-state index in [9.17, 15) is 14.9 Å². The molecule has 0 N–H and O–H groups in total. The lowest BCUT2D eigenvalue weighted by Gasteiger charge is -2.32. The van der Waals surface area contributed by atoms with Gasteiger partial charge < -0.3 is 4.74 Å². The fourth-order valence-corrected chi connectivity index (χ4v) is 4.43. The van der Waals surface area contributed by atoms with Crippen molar-refractivity contribution in [2.24, 2.45) is 0 Å². The standard InChI is InChI=1S/C30H26N2O3/c1-29(2,3)35-28(34)32-26-19-11-10-18-24(26)30(27(32)33,20-12-15-22-13-6-4-7-14-22)25(21-31)23-16-8-5-9-17-23/h4-11,13-14,16-19,25H,20H2,1-3H3/t25-,30+/m0/s1. The largest absolute Gasteiger partial charge is 0.443 e. The quantitative estimate of drug-likeness (QED) is 0.451. The molecule has 0 saturated carbocycles. The molecule has 5 nitrogen and oxygen atoms in total. The Kier molecular flexibility index (Phi) is 6.45. The number of nitrogens with zero attached hydrogens (tertiary/aromatic N) is 2. The molecule has 0 aliphatic carbocycles. The van der Waals surface area contributed by atoms with E-state index in [4.69, 9.17) is 4.74 Å². The van der Waals surface area contributed by atoms with Gasteiger partial charge in [-0.25, -0.2) is 9.69 Å². The predicted octanol–water partition coefficient (Wildman–Crippen LogP) is 5.96. The topological polar surface area (TPSA) is 70.4 Å². The molecule has 3 aromatic rings. The Bertz CT molecular complexity index is 1340. The molecule has 5 heteroatoms. The minimum Gasteiger partial charge on any atom is -0.443 e. The van der Waals surface area contributed by atoms with Crippen LogP contribution in [0.3, 0.4) is 0 Å². The maximum Gasteiger partial charge on any atom is 0.421 e. The molecule has 0 spiro atoms. The first kappa shape index (κ1) is 23.8. The van der Waals surface area contributed by atoms with Gasteiger partial charge in [0.15, 0.2) is 0 Å². The minimum absolute atomic E-state index is 0.0597. The summed E-state index contributed by atoms with van der Waals surface area (Å²) in [5.41, 5.74) is 0.326. The Labute approximate surface area is 206 Å². The third-order valence-electron chi connectivity index (χ3n) is 5.91. The maximum atomic E-state index is 14.2. The molecular formula is C30H26N2O3. The minimum atomic E-state index is -1.38. The number of anilines is 1. The van der Waals surface area contributed by atoms with Gasteiger partial charge in [0.25, 0.3) is 0 Å². The molecule has 0 bridgehead atoms. The molecule has 1 aliphatic rings. The molecule has 2 atom stereocenters. The number of carbonyl (C=O) groups is 2. The van der Waals surface area contributed by atoms with Gasteiger partial charge >= 0.3 is 6.09 Å². The SMILES string of the molecule is CC(C)(C)OC(=O)N1C(=O)[C@@](CC#Cc2ccccc2)([C@@H](C#N)c2ccccc2)c2ccccc21.